The minimum Gasteiger partial charge on any atom is -0.465 e. The number of aromatic nitrogens is 1. The zero-order valence-electron chi connectivity index (χ0n) is 12.9. The van der Waals surface area contributed by atoms with Crippen LogP contribution in [0.5, 0.6) is 0 Å². The van der Waals surface area contributed by atoms with Crippen LogP contribution in [0.15, 0.2) is 18.2 Å². The van der Waals surface area contributed by atoms with Gasteiger partial charge >= 0.3 is 11.9 Å². The van der Waals surface area contributed by atoms with Crippen molar-refractivity contribution >= 4 is 27.9 Å². The molecule has 6 nitrogen and oxygen atoms in total. The molecule has 0 aromatic carbocycles. The molecule has 0 spiro atoms. The molecule has 0 amide bonds. The van der Waals surface area contributed by atoms with Crippen molar-refractivity contribution in [1.29, 1.82) is 0 Å². The molecule has 22 heavy (non-hydrogen) atoms. The van der Waals surface area contributed by atoms with Crippen LogP contribution in [0.3, 0.4) is 0 Å². The molecular formula is C15H21BrN2O4. The normalized spacial score (nSPS) is 10.5. The van der Waals surface area contributed by atoms with E-state index in [4.69, 9.17) is 9.47 Å². The van der Waals surface area contributed by atoms with Gasteiger partial charge in [-0.15, -0.1) is 0 Å². The van der Waals surface area contributed by atoms with Gasteiger partial charge in [-0.05, 0) is 26.0 Å². The van der Waals surface area contributed by atoms with Crippen LogP contribution in [0.2, 0.25) is 0 Å². The van der Waals surface area contributed by atoms with Crippen LogP contribution in [0, 0.1) is 0 Å². The SMILES string of the molecule is CCOC(=O)CN(CC(=O)OCC)Cc1cccc(CBr)n1. The third-order valence-corrected chi connectivity index (χ3v) is 3.28. The summed E-state index contributed by atoms with van der Waals surface area (Å²) in [6.07, 6.45) is 0. The third-order valence-electron chi connectivity index (χ3n) is 2.70. The van der Waals surface area contributed by atoms with E-state index >= 15 is 0 Å². The van der Waals surface area contributed by atoms with Gasteiger partial charge < -0.3 is 9.47 Å². The van der Waals surface area contributed by atoms with Crippen molar-refractivity contribution in [1.82, 2.24) is 9.88 Å². The van der Waals surface area contributed by atoms with E-state index in [9.17, 15) is 9.59 Å². The molecule has 0 N–H and O–H groups in total. The van der Waals surface area contributed by atoms with E-state index in [0.29, 0.717) is 25.1 Å². The molecule has 0 unspecified atom stereocenters. The summed E-state index contributed by atoms with van der Waals surface area (Å²) < 4.78 is 9.87. The molecule has 0 bridgehead atoms. The maximum Gasteiger partial charge on any atom is 0.320 e. The van der Waals surface area contributed by atoms with Gasteiger partial charge in [0.2, 0.25) is 0 Å². The zero-order valence-corrected chi connectivity index (χ0v) is 14.5. The highest BCUT2D eigenvalue weighted by Gasteiger charge is 2.17. The largest absolute Gasteiger partial charge is 0.465 e. The molecule has 0 aliphatic carbocycles. The summed E-state index contributed by atoms with van der Waals surface area (Å²) in [6.45, 7) is 4.52. The lowest BCUT2D eigenvalue weighted by Gasteiger charge is -2.20. The minimum absolute atomic E-state index is 0.0207. The Morgan fingerprint density at radius 2 is 1.64 bits per heavy atom. The second-order valence-corrected chi connectivity index (χ2v) is 5.07. The van der Waals surface area contributed by atoms with Gasteiger partial charge in [0.25, 0.3) is 0 Å². The molecule has 7 heteroatoms. The summed E-state index contributed by atoms with van der Waals surface area (Å²) >= 11 is 3.36. The lowest BCUT2D eigenvalue weighted by molar-refractivity contribution is -0.148. The predicted molar refractivity (Wildman–Crippen MR) is 85.4 cm³/mol. The molecule has 0 saturated carbocycles. The van der Waals surface area contributed by atoms with Crippen LogP contribution < -0.4 is 0 Å². The molecule has 122 valence electrons. The number of ether oxygens (including phenoxy) is 2. The fraction of sp³-hybridized carbons (Fsp3) is 0.533. The average molecular weight is 373 g/mol. The van der Waals surface area contributed by atoms with Gasteiger partial charge in [-0.2, -0.15) is 0 Å². The van der Waals surface area contributed by atoms with Crippen molar-refractivity contribution < 1.29 is 19.1 Å². The average Bonchev–Trinajstić information content (AvgIpc) is 2.47. The molecule has 1 aromatic heterocycles. The van der Waals surface area contributed by atoms with Gasteiger partial charge in [0.05, 0.1) is 37.7 Å². The van der Waals surface area contributed by atoms with Gasteiger partial charge in [0.15, 0.2) is 0 Å². The maximum atomic E-state index is 11.7. The Balaban J connectivity index is 2.74. The number of alkyl halides is 1. The van der Waals surface area contributed by atoms with E-state index in [1.165, 1.54) is 0 Å². The Labute approximate surface area is 138 Å². The summed E-state index contributed by atoms with van der Waals surface area (Å²) in [5.74, 6) is -0.744. The Morgan fingerprint density at radius 1 is 1.09 bits per heavy atom. The molecule has 0 saturated heterocycles. The van der Waals surface area contributed by atoms with Gasteiger partial charge in [-0.1, -0.05) is 22.0 Å². The smallest absolute Gasteiger partial charge is 0.320 e. The number of hydrogen-bond donors (Lipinski definition) is 0. The Hall–Kier alpha value is -1.47. The molecule has 0 aliphatic rings. The van der Waals surface area contributed by atoms with Crippen molar-refractivity contribution in [3.8, 4) is 0 Å². The number of halogens is 1. The van der Waals surface area contributed by atoms with Gasteiger partial charge in [-0.3, -0.25) is 19.5 Å². The summed E-state index contributed by atoms with van der Waals surface area (Å²) in [5, 5.41) is 0.649. The second-order valence-electron chi connectivity index (χ2n) is 4.51. The topological polar surface area (TPSA) is 68.7 Å². The van der Waals surface area contributed by atoms with Gasteiger partial charge in [-0.25, -0.2) is 0 Å². The minimum atomic E-state index is -0.372. The number of nitrogens with zero attached hydrogens (tertiary/aromatic N) is 2. The molecule has 0 atom stereocenters. The van der Waals surface area contributed by atoms with Crippen molar-refractivity contribution in [2.24, 2.45) is 0 Å². The van der Waals surface area contributed by atoms with Gasteiger partial charge in [0, 0.05) is 11.9 Å². The summed E-state index contributed by atoms with van der Waals surface area (Å²) in [5.41, 5.74) is 1.68. The summed E-state index contributed by atoms with van der Waals surface area (Å²) in [6, 6.07) is 5.65. The summed E-state index contributed by atoms with van der Waals surface area (Å²) in [7, 11) is 0. The Bertz CT molecular complexity index is 476. The molecule has 1 rings (SSSR count). The lowest BCUT2D eigenvalue weighted by Crippen LogP contribution is -2.36. The van der Waals surface area contributed by atoms with Crippen LogP contribution in [-0.4, -0.2) is 48.1 Å². The fourth-order valence-corrected chi connectivity index (χ4v) is 2.18. The summed E-state index contributed by atoms with van der Waals surface area (Å²) in [4.78, 5) is 29.4. The quantitative estimate of drug-likeness (QED) is 0.487. The van der Waals surface area contributed by atoms with E-state index in [2.05, 4.69) is 20.9 Å². The number of carbonyl (C=O) groups is 2. The second kappa shape index (κ2) is 10.3. The fourth-order valence-electron chi connectivity index (χ4n) is 1.87. The first-order valence-electron chi connectivity index (χ1n) is 7.13. The molecule has 1 aromatic rings. The number of carbonyl (C=O) groups excluding carboxylic acids is 2. The highest BCUT2D eigenvalue weighted by atomic mass is 79.9. The number of hydrogen-bond acceptors (Lipinski definition) is 6. The van der Waals surface area contributed by atoms with Crippen molar-refractivity contribution in [2.45, 2.75) is 25.7 Å². The molecule has 0 radical (unpaired) electrons. The van der Waals surface area contributed by atoms with E-state index in [1.54, 1.807) is 18.7 Å². The van der Waals surface area contributed by atoms with Crippen molar-refractivity contribution in [2.75, 3.05) is 26.3 Å². The van der Waals surface area contributed by atoms with Crippen molar-refractivity contribution in [3.63, 3.8) is 0 Å². The first-order chi connectivity index (χ1) is 10.6. The lowest BCUT2D eigenvalue weighted by atomic mass is 10.3. The Morgan fingerprint density at radius 3 is 2.14 bits per heavy atom. The van der Waals surface area contributed by atoms with Crippen LogP contribution in [0.1, 0.15) is 25.2 Å². The highest BCUT2D eigenvalue weighted by molar-refractivity contribution is 9.08. The van der Waals surface area contributed by atoms with E-state index < -0.39 is 0 Å². The standard InChI is InChI=1S/C15H21BrN2O4/c1-3-21-14(19)10-18(11-15(20)22-4-2)9-13-7-5-6-12(8-16)17-13/h5-7H,3-4,8-11H2,1-2H3. The molecule has 0 aliphatic heterocycles. The van der Waals surface area contributed by atoms with Crippen LogP contribution in [0.4, 0.5) is 0 Å². The third kappa shape index (κ3) is 7.00. The van der Waals surface area contributed by atoms with E-state index in [1.807, 2.05) is 18.2 Å². The van der Waals surface area contributed by atoms with Crippen LogP contribution in [-0.2, 0) is 30.9 Å². The number of pyridine rings is 1. The number of rotatable bonds is 9. The molecular weight excluding hydrogens is 352 g/mol. The van der Waals surface area contributed by atoms with E-state index in [0.717, 1.165) is 11.4 Å². The van der Waals surface area contributed by atoms with Gasteiger partial charge in [0.1, 0.15) is 0 Å². The highest BCUT2D eigenvalue weighted by Crippen LogP contribution is 2.07. The first kappa shape index (κ1) is 18.6. The van der Waals surface area contributed by atoms with Crippen molar-refractivity contribution in [3.05, 3.63) is 29.6 Å². The zero-order chi connectivity index (χ0) is 16.4. The molecule has 0 fully saturated rings. The van der Waals surface area contributed by atoms with Crippen LogP contribution in [0.25, 0.3) is 0 Å². The van der Waals surface area contributed by atoms with Crippen LogP contribution >= 0.6 is 15.9 Å². The van der Waals surface area contributed by atoms with E-state index in [-0.39, 0.29) is 25.0 Å². The monoisotopic (exact) mass is 372 g/mol. The Kier molecular flexibility index (Phi) is 8.69. The molecule has 1 heterocycles. The first-order valence-corrected chi connectivity index (χ1v) is 8.25. The number of esters is 2. The predicted octanol–water partition coefficient (Wildman–Crippen LogP) is 1.90. The maximum absolute atomic E-state index is 11.7.